The summed E-state index contributed by atoms with van der Waals surface area (Å²) in [6, 6.07) is 15.3. The minimum Gasteiger partial charge on any atom is -0.493 e. The molecule has 0 bridgehead atoms. The van der Waals surface area contributed by atoms with E-state index in [1.807, 2.05) is 49.4 Å². The van der Waals surface area contributed by atoms with Gasteiger partial charge in [0.2, 0.25) is 0 Å². The van der Waals surface area contributed by atoms with Gasteiger partial charge < -0.3 is 24.4 Å². The number of likely N-dealkylation sites (tertiary alicyclic amines) is 1. The van der Waals surface area contributed by atoms with Crippen LogP contribution in [0.25, 0.3) is 0 Å². The van der Waals surface area contributed by atoms with Gasteiger partial charge in [0.25, 0.3) is 5.91 Å². The lowest BCUT2D eigenvalue weighted by Gasteiger charge is -2.29. The molecule has 0 unspecified atom stereocenters. The maximum absolute atomic E-state index is 12.6. The molecule has 0 aromatic heterocycles. The molecule has 1 atom stereocenters. The van der Waals surface area contributed by atoms with Crippen molar-refractivity contribution in [3.63, 3.8) is 0 Å². The molecule has 1 aliphatic heterocycles. The van der Waals surface area contributed by atoms with E-state index in [0.29, 0.717) is 24.5 Å². The number of ether oxygens (including phenoxy) is 3. The Morgan fingerprint density at radius 3 is 2.40 bits per heavy atom. The van der Waals surface area contributed by atoms with Crippen molar-refractivity contribution in [3.05, 3.63) is 54.1 Å². The summed E-state index contributed by atoms with van der Waals surface area (Å²) in [5.41, 5.74) is 1.02. The maximum atomic E-state index is 12.6. The number of benzene rings is 2. The zero-order chi connectivity index (χ0) is 21.3. The van der Waals surface area contributed by atoms with Crippen LogP contribution in [0.15, 0.2) is 48.5 Å². The van der Waals surface area contributed by atoms with Gasteiger partial charge in [0.15, 0.2) is 17.6 Å². The predicted octanol–water partition coefficient (Wildman–Crippen LogP) is 3.64. The molecular formula is C24H32N2O4. The third-order valence-electron chi connectivity index (χ3n) is 5.36. The fourth-order valence-electron chi connectivity index (χ4n) is 3.48. The standard InChI is InChI=1S/C24H32N2O4/c1-4-21(30-23-8-6-5-7-22(23)28-3)24(27)25-17-18-9-11-19(12-10-18)29-20-13-15-26(2)16-14-20/h5-12,20-21H,4,13-17H2,1-3H3,(H,25,27)/t21-/m1/s1. The average molecular weight is 413 g/mol. The van der Waals surface area contributed by atoms with E-state index >= 15 is 0 Å². The molecule has 6 heteroatoms. The van der Waals surface area contributed by atoms with Gasteiger partial charge in [0.1, 0.15) is 11.9 Å². The van der Waals surface area contributed by atoms with Crippen LogP contribution in [0.2, 0.25) is 0 Å². The van der Waals surface area contributed by atoms with Gasteiger partial charge in [-0.2, -0.15) is 0 Å². The zero-order valence-electron chi connectivity index (χ0n) is 18.1. The average Bonchev–Trinajstić information content (AvgIpc) is 2.78. The second-order valence-corrected chi connectivity index (χ2v) is 7.65. The van der Waals surface area contributed by atoms with Gasteiger partial charge in [0.05, 0.1) is 7.11 Å². The van der Waals surface area contributed by atoms with Crippen molar-refractivity contribution in [3.8, 4) is 17.2 Å². The highest BCUT2D eigenvalue weighted by atomic mass is 16.5. The molecule has 30 heavy (non-hydrogen) atoms. The first-order chi connectivity index (χ1) is 14.6. The van der Waals surface area contributed by atoms with Crippen molar-refractivity contribution < 1.29 is 19.0 Å². The summed E-state index contributed by atoms with van der Waals surface area (Å²) in [5.74, 6) is 1.92. The number of hydrogen-bond acceptors (Lipinski definition) is 5. The highest BCUT2D eigenvalue weighted by Gasteiger charge is 2.20. The fourth-order valence-corrected chi connectivity index (χ4v) is 3.48. The second kappa shape index (κ2) is 10.9. The third kappa shape index (κ3) is 6.13. The fraction of sp³-hybridized carbons (Fsp3) is 0.458. The number of rotatable bonds is 9. The van der Waals surface area contributed by atoms with Crippen molar-refractivity contribution in [1.29, 1.82) is 0 Å². The van der Waals surface area contributed by atoms with Crippen molar-refractivity contribution in [2.24, 2.45) is 0 Å². The Bertz CT molecular complexity index is 801. The number of amides is 1. The van der Waals surface area contributed by atoms with Crippen LogP contribution in [0.4, 0.5) is 0 Å². The summed E-state index contributed by atoms with van der Waals surface area (Å²) in [6.45, 7) is 4.52. The van der Waals surface area contributed by atoms with Crippen molar-refractivity contribution in [1.82, 2.24) is 10.2 Å². The number of carbonyl (C=O) groups excluding carboxylic acids is 1. The van der Waals surface area contributed by atoms with E-state index in [-0.39, 0.29) is 12.0 Å². The van der Waals surface area contributed by atoms with Gasteiger partial charge in [-0.15, -0.1) is 0 Å². The van der Waals surface area contributed by atoms with E-state index in [9.17, 15) is 4.79 Å². The SMILES string of the molecule is CC[C@@H](Oc1ccccc1OC)C(=O)NCc1ccc(OC2CCN(C)CC2)cc1. The van der Waals surface area contributed by atoms with Gasteiger partial charge in [-0.1, -0.05) is 31.2 Å². The molecule has 6 nitrogen and oxygen atoms in total. The van der Waals surface area contributed by atoms with Crippen LogP contribution in [-0.2, 0) is 11.3 Å². The minimum atomic E-state index is -0.576. The Hall–Kier alpha value is -2.73. The Labute approximate surface area is 179 Å². The summed E-state index contributed by atoms with van der Waals surface area (Å²) in [7, 11) is 3.73. The van der Waals surface area contributed by atoms with Gasteiger partial charge in [-0.3, -0.25) is 4.79 Å². The normalized spacial score (nSPS) is 16.0. The number of hydrogen-bond donors (Lipinski definition) is 1. The molecule has 2 aromatic rings. The molecule has 0 spiro atoms. The van der Waals surface area contributed by atoms with Crippen LogP contribution in [0.1, 0.15) is 31.7 Å². The largest absolute Gasteiger partial charge is 0.493 e. The van der Waals surface area contributed by atoms with E-state index in [2.05, 4.69) is 17.3 Å². The lowest BCUT2D eigenvalue weighted by Crippen LogP contribution is -2.37. The van der Waals surface area contributed by atoms with Gasteiger partial charge in [0, 0.05) is 19.6 Å². The molecule has 1 N–H and O–H groups in total. The van der Waals surface area contributed by atoms with Gasteiger partial charge >= 0.3 is 0 Å². The number of carbonyl (C=O) groups is 1. The molecule has 0 saturated carbocycles. The van der Waals surface area contributed by atoms with Crippen LogP contribution in [0.3, 0.4) is 0 Å². The smallest absolute Gasteiger partial charge is 0.261 e. The van der Waals surface area contributed by atoms with Crippen LogP contribution < -0.4 is 19.5 Å². The lowest BCUT2D eigenvalue weighted by atomic mass is 10.1. The van der Waals surface area contributed by atoms with Crippen LogP contribution in [0.5, 0.6) is 17.2 Å². The predicted molar refractivity (Wildman–Crippen MR) is 117 cm³/mol. The molecule has 162 valence electrons. The number of nitrogens with one attached hydrogen (secondary N) is 1. The number of para-hydroxylation sites is 2. The van der Waals surface area contributed by atoms with Gasteiger partial charge in [-0.05, 0) is 56.1 Å². The lowest BCUT2D eigenvalue weighted by molar-refractivity contribution is -0.128. The molecule has 3 rings (SSSR count). The number of nitrogens with zero attached hydrogens (tertiary/aromatic N) is 1. The molecule has 0 aliphatic carbocycles. The zero-order valence-corrected chi connectivity index (χ0v) is 18.1. The van der Waals surface area contributed by atoms with E-state index in [1.165, 1.54) is 0 Å². The first-order valence-corrected chi connectivity index (χ1v) is 10.6. The Morgan fingerprint density at radius 2 is 1.77 bits per heavy atom. The maximum Gasteiger partial charge on any atom is 0.261 e. The van der Waals surface area contributed by atoms with Crippen LogP contribution in [-0.4, -0.2) is 50.3 Å². The summed E-state index contributed by atoms with van der Waals surface area (Å²) in [6.07, 6.45) is 2.38. The van der Waals surface area contributed by atoms with E-state index < -0.39 is 6.10 Å². The minimum absolute atomic E-state index is 0.143. The monoisotopic (exact) mass is 412 g/mol. The number of piperidine rings is 1. The molecular weight excluding hydrogens is 380 g/mol. The first-order valence-electron chi connectivity index (χ1n) is 10.6. The molecule has 1 aliphatic rings. The van der Waals surface area contributed by atoms with Crippen molar-refractivity contribution in [2.45, 2.75) is 44.9 Å². The van der Waals surface area contributed by atoms with Crippen molar-refractivity contribution in [2.75, 3.05) is 27.2 Å². The van der Waals surface area contributed by atoms with Gasteiger partial charge in [-0.25, -0.2) is 0 Å². The summed E-state index contributed by atoms with van der Waals surface area (Å²) < 4.78 is 17.3. The Kier molecular flexibility index (Phi) is 7.97. The van der Waals surface area contributed by atoms with E-state index in [4.69, 9.17) is 14.2 Å². The first kappa shape index (κ1) is 22.0. The topological polar surface area (TPSA) is 60.0 Å². The van der Waals surface area contributed by atoms with E-state index in [0.717, 1.165) is 37.2 Å². The Balaban J connectivity index is 1.49. The highest BCUT2D eigenvalue weighted by molar-refractivity contribution is 5.81. The summed E-state index contributed by atoms with van der Waals surface area (Å²) in [4.78, 5) is 14.9. The van der Waals surface area contributed by atoms with E-state index in [1.54, 1.807) is 13.2 Å². The highest BCUT2D eigenvalue weighted by Crippen LogP contribution is 2.27. The molecule has 0 radical (unpaired) electrons. The second-order valence-electron chi connectivity index (χ2n) is 7.65. The molecule has 1 fully saturated rings. The molecule has 1 amide bonds. The molecule has 1 saturated heterocycles. The van der Waals surface area contributed by atoms with Crippen LogP contribution in [0, 0.1) is 0 Å². The molecule has 1 heterocycles. The number of methoxy groups -OCH3 is 1. The Morgan fingerprint density at radius 1 is 1.10 bits per heavy atom. The third-order valence-corrected chi connectivity index (χ3v) is 5.36. The van der Waals surface area contributed by atoms with Crippen molar-refractivity contribution >= 4 is 5.91 Å². The summed E-state index contributed by atoms with van der Waals surface area (Å²) >= 11 is 0. The quantitative estimate of drug-likeness (QED) is 0.681. The molecule has 2 aromatic carbocycles. The van der Waals surface area contributed by atoms with Crippen LogP contribution >= 0.6 is 0 Å². The summed E-state index contributed by atoms with van der Waals surface area (Å²) in [5, 5.41) is 2.96.